The molecule has 4 aromatic rings. The van der Waals surface area contributed by atoms with E-state index >= 15 is 0 Å². The predicted molar refractivity (Wildman–Crippen MR) is 160 cm³/mol. The van der Waals surface area contributed by atoms with Crippen LogP contribution in [0.25, 0.3) is 22.0 Å². The van der Waals surface area contributed by atoms with Gasteiger partial charge in [0.05, 0.1) is 23.2 Å². The molecule has 1 saturated carbocycles. The first-order valence-corrected chi connectivity index (χ1v) is 15.4. The van der Waals surface area contributed by atoms with Gasteiger partial charge in [-0.2, -0.15) is 18.2 Å². The molecule has 2 N–H and O–H groups in total. The number of nitrogens with one attached hydrogen (secondary N) is 2. The fraction of sp³-hybridized carbons (Fsp3) is 0.345. The van der Waals surface area contributed by atoms with Gasteiger partial charge in [-0.25, -0.2) is 18.4 Å². The Morgan fingerprint density at radius 3 is 2.40 bits per heavy atom. The lowest BCUT2D eigenvalue weighted by Crippen LogP contribution is -2.36. The van der Waals surface area contributed by atoms with Crippen LogP contribution < -0.4 is 14.8 Å². The van der Waals surface area contributed by atoms with Gasteiger partial charge in [0.2, 0.25) is 11.8 Å². The smallest absolute Gasteiger partial charge is 0.418 e. The lowest BCUT2D eigenvalue weighted by Gasteiger charge is -2.33. The number of alkyl halides is 3. The van der Waals surface area contributed by atoms with E-state index in [4.69, 9.17) is 16.3 Å². The lowest BCUT2D eigenvalue weighted by molar-refractivity contribution is -0.136. The summed E-state index contributed by atoms with van der Waals surface area (Å²) in [7, 11) is 1.28. The molecule has 2 aromatic heterocycles. The summed E-state index contributed by atoms with van der Waals surface area (Å²) in [6, 6.07) is 11.7. The van der Waals surface area contributed by atoms with Gasteiger partial charge < -0.3 is 15.0 Å². The Balaban J connectivity index is 1.46. The first-order valence-electron chi connectivity index (χ1n) is 13.5. The van der Waals surface area contributed by atoms with Crippen LogP contribution in [0.1, 0.15) is 31.2 Å². The number of aromatic nitrogens is 3. The Bertz CT molecular complexity index is 1750. The van der Waals surface area contributed by atoms with Crippen molar-refractivity contribution in [3.63, 3.8) is 0 Å². The molecular weight excluding hydrogens is 605 g/mol. The van der Waals surface area contributed by atoms with Crippen molar-refractivity contribution >= 4 is 44.3 Å². The van der Waals surface area contributed by atoms with E-state index in [0.717, 1.165) is 31.7 Å². The Kier molecular flexibility index (Phi) is 8.68. The Morgan fingerprint density at radius 2 is 1.74 bits per heavy atom. The van der Waals surface area contributed by atoms with E-state index in [2.05, 4.69) is 29.9 Å². The van der Waals surface area contributed by atoms with Crippen LogP contribution in [0.3, 0.4) is 0 Å². The molecule has 43 heavy (non-hydrogen) atoms. The van der Waals surface area contributed by atoms with Crippen LogP contribution in [-0.2, 0) is 16.2 Å². The molecule has 0 amide bonds. The minimum atomic E-state index is -4.71. The van der Waals surface area contributed by atoms with E-state index in [-0.39, 0.29) is 55.6 Å². The van der Waals surface area contributed by atoms with E-state index in [1.54, 1.807) is 6.07 Å². The summed E-state index contributed by atoms with van der Waals surface area (Å²) in [5.41, 5.74) is -0.800. The summed E-state index contributed by atoms with van der Waals surface area (Å²) < 4.78 is 76.4. The van der Waals surface area contributed by atoms with Gasteiger partial charge in [0, 0.05) is 29.2 Å². The van der Waals surface area contributed by atoms with Gasteiger partial charge >= 0.3 is 6.18 Å². The maximum atomic E-state index is 14.3. The fourth-order valence-corrected chi connectivity index (χ4v) is 6.76. The van der Waals surface area contributed by atoms with Crippen molar-refractivity contribution in [2.75, 3.05) is 31.2 Å². The van der Waals surface area contributed by atoms with Crippen LogP contribution in [0.15, 0.2) is 59.6 Å². The van der Waals surface area contributed by atoms with Crippen molar-refractivity contribution < 1.29 is 26.3 Å². The van der Waals surface area contributed by atoms with Crippen molar-refractivity contribution in [2.24, 2.45) is 0 Å². The molecule has 0 unspecified atom stereocenters. The van der Waals surface area contributed by atoms with Gasteiger partial charge in [0.1, 0.15) is 10.7 Å². The van der Waals surface area contributed by atoms with Crippen LogP contribution in [0.4, 0.5) is 24.9 Å². The zero-order valence-electron chi connectivity index (χ0n) is 23.6. The average molecular weight is 635 g/mol. The van der Waals surface area contributed by atoms with E-state index in [0.29, 0.717) is 6.04 Å². The normalized spacial score (nSPS) is 17.7. The second-order valence-corrected chi connectivity index (χ2v) is 12.6. The minimum Gasteiger partial charge on any atom is -0.480 e. The summed E-state index contributed by atoms with van der Waals surface area (Å²) in [6.45, 7) is 0. The number of rotatable bonds is 8. The van der Waals surface area contributed by atoms with Gasteiger partial charge in [-0.15, -0.1) is 0 Å². The molecule has 0 atom stereocenters. The zero-order chi connectivity index (χ0) is 30.9. The predicted octanol–water partition coefficient (Wildman–Crippen LogP) is 6.46. The number of fused-ring (bicyclic) bond motifs is 1. The first kappa shape index (κ1) is 30.8. The first-order chi connectivity index (χ1) is 20.4. The van der Waals surface area contributed by atoms with E-state index in [9.17, 15) is 21.6 Å². The van der Waals surface area contributed by atoms with Crippen molar-refractivity contribution in [3.8, 4) is 17.0 Å². The highest BCUT2D eigenvalue weighted by Gasteiger charge is 2.35. The number of hydrogen-bond acceptors (Lipinski definition) is 8. The number of halogens is 4. The molecule has 1 aliphatic carbocycles. The molecule has 0 radical (unpaired) electrons. The van der Waals surface area contributed by atoms with Crippen LogP contribution >= 0.6 is 11.6 Å². The Labute approximate surface area is 252 Å². The van der Waals surface area contributed by atoms with Crippen molar-refractivity contribution in [1.29, 1.82) is 0 Å². The molecule has 1 fully saturated rings. The highest BCUT2D eigenvalue weighted by Crippen LogP contribution is 2.40. The van der Waals surface area contributed by atoms with Crippen molar-refractivity contribution in [1.82, 2.24) is 19.9 Å². The van der Waals surface area contributed by atoms with E-state index < -0.39 is 21.8 Å². The Hall–Kier alpha value is -3.68. The number of anilines is 2. The van der Waals surface area contributed by atoms with Crippen molar-refractivity contribution in [2.45, 2.75) is 48.8 Å². The number of hydrogen-bond donors (Lipinski definition) is 2. The summed E-state index contributed by atoms with van der Waals surface area (Å²) in [4.78, 5) is 14.8. The van der Waals surface area contributed by atoms with Gasteiger partial charge in [-0.05, 0) is 81.7 Å². The molecular formula is C29H30ClF3N6O3S. The third kappa shape index (κ3) is 6.78. The maximum Gasteiger partial charge on any atom is 0.418 e. The third-order valence-electron chi connectivity index (χ3n) is 7.48. The lowest BCUT2D eigenvalue weighted by atomic mass is 9.90. The standard InChI is InChI=1S/C29H30ClF3N6O3S/c1-39(2)20-10-8-19(9-11-20)35-28-34-16-18-14-17(15-22(26(18)37-28)29(31,32)33)21-12-13-25(36-27(21)42-3)38-43(40,41)24-7-5-4-6-23(24)30/h4-7,12-16,19-20H,8-11H2,1-3H3,(H,36,38)(H,34,35,37)/t19-,20-. The number of sulfonamides is 1. The minimum absolute atomic E-state index is 0.0201. The number of ether oxygens (including phenoxy) is 1. The number of nitrogens with zero attached hydrogens (tertiary/aromatic N) is 4. The average Bonchev–Trinajstić information content (AvgIpc) is 2.96. The summed E-state index contributed by atoms with van der Waals surface area (Å²) in [5, 5.41) is 3.41. The van der Waals surface area contributed by atoms with Crippen LogP contribution in [0.2, 0.25) is 5.02 Å². The van der Waals surface area contributed by atoms with E-state index in [1.165, 1.54) is 49.7 Å². The largest absolute Gasteiger partial charge is 0.480 e. The number of benzene rings is 2. The van der Waals surface area contributed by atoms with Gasteiger partial charge in [-0.1, -0.05) is 23.7 Å². The van der Waals surface area contributed by atoms with Crippen LogP contribution in [0, 0.1) is 0 Å². The summed E-state index contributed by atoms with van der Waals surface area (Å²) in [5.74, 6) is -0.0381. The topological polar surface area (TPSA) is 109 Å². The number of pyridine rings is 1. The highest BCUT2D eigenvalue weighted by atomic mass is 35.5. The van der Waals surface area contributed by atoms with Crippen molar-refractivity contribution in [3.05, 3.63) is 65.3 Å². The van der Waals surface area contributed by atoms with Crippen LogP contribution in [-0.4, -0.2) is 61.6 Å². The molecule has 1 aliphatic rings. The molecule has 0 aliphatic heterocycles. The molecule has 2 aromatic carbocycles. The molecule has 14 heteroatoms. The molecule has 2 heterocycles. The van der Waals surface area contributed by atoms with Gasteiger partial charge in [-0.3, -0.25) is 4.72 Å². The molecule has 0 bridgehead atoms. The van der Waals surface area contributed by atoms with Gasteiger partial charge in [0.25, 0.3) is 10.0 Å². The molecule has 228 valence electrons. The molecule has 0 spiro atoms. The fourth-order valence-electron chi connectivity index (χ4n) is 5.23. The van der Waals surface area contributed by atoms with Gasteiger partial charge in [0.15, 0.2) is 0 Å². The monoisotopic (exact) mass is 634 g/mol. The molecule has 0 saturated heterocycles. The summed E-state index contributed by atoms with van der Waals surface area (Å²) >= 11 is 6.04. The summed E-state index contributed by atoms with van der Waals surface area (Å²) in [6.07, 6.45) is 0.339. The zero-order valence-corrected chi connectivity index (χ0v) is 25.2. The molecule has 5 rings (SSSR count). The third-order valence-corrected chi connectivity index (χ3v) is 9.33. The number of methoxy groups -OCH3 is 1. The maximum absolute atomic E-state index is 14.3. The molecule has 9 nitrogen and oxygen atoms in total. The second kappa shape index (κ2) is 12.1. The second-order valence-electron chi connectivity index (χ2n) is 10.6. The Morgan fingerprint density at radius 1 is 1.02 bits per heavy atom. The highest BCUT2D eigenvalue weighted by molar-refractivity contribution is 7.92. The quantitative estimate of drug-likeness (QED) is 0.227. The van der Waals surface area contributed by atoms with E-state index in [1.807, 2.05) is 14.1 Å². The van der Waals surface area contributed by atoms with Crippen LogP contribution in [0.5, 0.6) is 5.88 Å². The SMILES string of the molecule is COc1nc(NS(=O)(=O)c2ccccc2Cl)ccc1-c1cc(C(F)(F)F)c2nc(N[C@H]3CC[C@H](N(C)C)CC3)ncc2c1.